The summed E-state index contributed by atoms with van der Waals surface area (Å²) in [4.78, 5) is 11.2. The van der Waals surface area contributed by atoms with E-state index in [0.717, 1.165) is 5.75 Å². The molecule has 1 aromatic carbocycles. The third-order valence-electron chi connectivity index (χ3n) is 2.42. The van der Waals surface area contributed by atoms with Gasteiger partial charge < -0.3 is 9.15 Å². The topological polar surface area (TPSA) is 77.5 Å². The summed E-state index contributed by atoms with van der Waals surface area (Å²) in [5.74, 6) is 6.02. The molecule has 3 N–H and O–H groups in total. The van der Waals surface area contributed by atoms with Crippen molar-refractivity contribution in [3.8, 4) is 5.75 Å². The molecule has 18 heavy (non-hydrogen) atoms. The van der Waals surface area contributed by atoms with Crippen molar-refractivity contribution in [1.29, 1.82) is 0 Å². The van der Waals surface area contributed by atoms with E-state index in [1.54, 1.807) is 12.1 Å². The maximum atomic E-state index is 11.2. The van der Waals surface area contributed by atoms with Gasteiger partial charge in [-0.05, 0) is 31.2 Å². The Balaban J connectivity index is 1.96. The molecule has 1 amide bonds. The molecule has 0 fully saturated rings. The van der Waals surface area contributed by atoms with Gasteiger partial charge in [-0.15, -0.1) is 0 Å². The van der Waals surface area contributed by atoms with Gasteiger partial charge in [0.2, 0.25) is 0 Å². The standard InChI is InChI=1S/C13H14N2O3/c1-9-2-4-10(5-3-9)17-8-11-6-7-12(18-11)13(16)15-14/h2-7H,8,14H2,1H3,(H,15,16). The quantitative estimate of drug-likeness (QED) is 0.489. The minimum atomic E-state index is -0.461. The second-order valence-electron chi connectivity index (χ2n) is 3.84. The van der Waals surface area contributed by atoms with E-state index in [1.807, 2.05) is 36.6 Å². The van der Waals surface area contributed by atoms with E-state index < -0.39 is 5.91 Å². The maximum Gasteiger partial charge on any atom is 0.300 e. The van der Waals surface area contributed by atoms with Crippen LogP contribution in [-0.4, -0.2) is 5.91 Å². The molecule has 0 aliphatic heterocycles. The number of carbonyl (C=O) groups excluding carboxylic acids is 1. The van der Waals surface area contributed by atoms with Gasteiger partial charge in [0.25, 0.3) is 0 Å². The zero-order valence-electron chi connectivity index (χ0n) is 9.97. The average Bonchev–Trinajstić information content (AvgIpc) is 2.86. The van der Waals surface area contributed by atoms with Crippen LogP contribution in [0.25, 0.3) is 0 Å². The van der Waals surface area contributed by atoms with Crippen LogP contribution in [0.3, 0.4) is 0 Å². The van der Waals surface area contributed by atoms with Crippen molar-refractivity contribution < 1.29 is 13.9 Å². The highest BCUT2D eigenvalue weighted by Gasteiger charge is 2.09. The number of hydrogen-bond donors (Lipinski definition) is 2. The number of nitrogen functional groups attached to an aromatic ring is 1. The van der Waals surface area contributed by atoms with E-state index >= 15 is 0 Å². The minimum Gasteiger partial charge on any atom is -0.486 e. The second-order valence-corrected chi connectivity index (χ2v) is 3.84. The number of hydrazine groups is 1. The first kappa shape index (κ1) is 12.2. The van der Waals surface area contributed by atoms with Crippen molar-refractivity contribution in [1.82, 2.24) is 5.43 Å². The smallest absolute Gasteiger partial charge is 0.300 e. The van der Waals surface area contributed by atoms with Crippen molar-refractivity contribution in [2.45, 2.75) is 13.5 Å². The van der Waals surface area contributed by atoms with Crippen LogP contribution in [-0.2, 0) is 6.61 Å². The van der Waals surface area contributed by atoms with Gasteiger partial charge in [0, 0.05) is 0 Å². The molecular weight excluding hydrogens is 232 g/mol. The molecule has 0 atom stereocenters. The predicted octanol–water partition coefficient (Wildman–Crippen LogP) is 1.77. The van der Waals surface area contributed by atoms with Gasteiger partial charge in [0.15, 0.2) is 5.76 Å². The highest BCUT2D eigenvalue weighted by molar-refractivity contribution is 5.90. The number of rotatable bonds is 4. The molecular formula is C13H14N2O3. The molecule has 0 bridgehead atoms. The van der Waals surface area contributed by atoms with E-state index in [2.05, 4.69) is 0 Å². The molecule has 5 heteroatoms. The van der Waals surface area contributed by atoms with Gasteiger partial charge >= 0.3 is 5.91 Å². The zero-order chi connectivity index (χ0) is 13.0. The van der Waals surface area contributed by atoms with Gasteiger partial charge in [-0.1, -0.05) is 17.7 Å². The lowest BCUT2D eigenvalue weighted by atomic mass is 10.2. The van der Waals surface area contributed by atoms with Crippen LogP contribution in [0.1, 0.15) is 21.9 Å². The molecule has 2 rings (SSSR count). The lowest BCUT2D eigenvalue weighted by Gasteiger charge is -2.04. The number of amides is 1. The number of hydrogen-bond acceptors (Lipinski definition) is 4. The Morgan fingerprint density at radius 3 is 2.67 bits per heavy atom. The molecule has 0 radical (unpaired) electrons. The number of carbonyl (C=O) groups is 1. The van der Waals surface area contributed by atoms with Gasteiger partial charge in [-0.2, -0.15) is 0 Å². The fraction of sp³-hybridized carbons (Fsp3) is 0.154. The van der Waals surface area contributed by atoms with Crippen LogP contribution >= 0.6 is 0 Å². The van der Waals surface area contributed by atoms with Crippen LogP contribution in [0.4, 0.5) is 0 Å². The number of nitrogens with two attached hydrogens (primary N) is 1. The van der Waals surface area contributed by atoms with Crippen molar-refractivity contribution in [3.63, 3.8) is 0 Å². The number of benzene rings is 1. The van der Waals surface area contributed by atoms with Gasteiger partial charge in [-0.25, -0.2) is 5.84 Å². The molecule has 0 saturated carbocycles. The fourth-order valence-corrected chi connectivity index (χ4v) is 1.44. The lowest BCUT2D eigenvalue weighted by Crippen LogP contribution is -2.29. The molecule has 5 nitrogen and oxygen atoms in total. The third-order valence-corrected chi connectivity index (χ3v) is 2.42. The summed E-state index contributed by atoms with van der Waals surface area (Å²) < 4.78 is 10.8. The van der Waals surface area contributed by atoms with Gasteiger partial charge in [0.05, 0.1) is 0 Å². The number of aryl methyl sites for hydroxylation is 1. The Morgan fingerprint density at radius 1 is 1.28 bits per heavy atom. The van der Waals surface area contributed by atoms with Crippen molar-refractivity contribution in [2.75, 3.05) is 0 Å². The normalized spacial score (nSPS) is 10.1. The molecule has 1 heterocycles. The molecule has 0 saturated heterocycles. The lowest BCUT2D eigenvalue weighted by molar-refractivity contribution is 0.0922. The summed E-state index contributed by atoms with van der Waals surface area (Å²) >= 11 is 0. The Morgan fingerprint density at radius 2 is 2.00 bits per heavy atom. The highest BCUT2D eigenvalue weighted by Crippen LogP contribution is 2.15. The van der Waals surface area contributed by atoms with Crippen molar-refractivity contribution in [2.24, 2.45) is 5.84 Å². The molecule has 0 aliphatic rings. The molecule has 1 aromatic heterocycles. The Kier molecular flexibility index (Phi) is 3.64. The van der Waals surface area contributed by atoms with E-state index in [9.17, 15) is 4.79 Å². The largest absolute Gasteiger partial charge is 0.486 e. The minimum absolute atomic E-state index is 0.167. The molecule has 0 unspecified atom stereocenters. The molecule has 0 aliphatic carbocycles. The van der Waals surface area contributed by atoms with Crippen LogP contribution in [0.15, 0.2) is 40.8 Å². The Labute approximate surface area is 105 Å². The summed E-state index contributed by atoms with van der Waals surface area (Å²) in [6, 6.07) is 10.9. The van der Waals surface area contributed by atoms with Crippen LogP contribution < -0.4 is 16.0 Å². The van der Waals surface area contributed by atoms with Crippen LogP contribution in [0, 0.1) is 6.92 Å². The van der Waals surface area contributed by atoms with Crippen LogP contribution in [0.5, 0.6) is 5.75 Å². The first-order chi connectivity index (χ1) is 8.69. The number of furan rings is 1. The Hall–Kier alpha value is -2.27. The summed E-state index contributed by atoms with van der Waals surface area (Å²) in [7, 11) is 0. The number of nitrogens with one attached hydrogen (secondary N) is 1. The average molecular weight is 246 g/mol. The zero-order valence-corrected chi connectivity index (χ0v) is 9.97. The van der Waals surface area contributed by atoms with Crippen molar-refractivity contribution in [3.05, 3.63) is 53.5 Å². The summed E-state index contributed by atoms with van der Waals surface area (Å²) in [5.41, 5.74) is 3.17. The van der Waals surface area contributed by atoms with E-state index in [-0.39, 0.29) is 12.4 Å². The molecule has 2 aromatic rings. The van der Waals surface area contributed by atoms with E-state index in [4.69, 9.17) is 15.0 Å². The Bertz CT molecular complexity index is 531. The highest BCUT2D eigenvalue weighted by atomic mass is 16.5. The van der Waals surface area contributed by atoms with Crippen LogP contribution in [0.2, 0.25) is 0 Å². The molecule has 94 valence electrons. The monoisotopic (exact) mass is 246 g/mol. The first-order valence-electron chi connectivity index (χ1n) is 5.48. The summed E-state index contributed by atoms with van der Waals surface area (Å²) in [5, 5.41) is 0. The third kappa shape index (κ3) is 2.89. The predicted molar refractivity (Wildman–Crippen MR) is 65.9 cm³/mol. The van der Waals surface area contributed by atoms with Gasteiger partial charge in [0.1, 0.15) is 18.1 Å². The summed E-state index contributed by atoms with van der Waals surface area (Å²) in [6.45, 7) is 2.27. The maximum absolute atomic E-state index is 11.2. The SMILES string of the molecule is Cc1ccc(OCc2ccc(C(=O)NN)o2)cc1. The number of ether oxygens (including phenoxy) is 1. The van der Waals surface area contributed by atoms with Gasteiger partial charge in [-0.3, -0.25) is 10.2 Å². The fourth-order valence-electron chi connectivity index (χ4n) is 1.44. The van der Waals surface area contributed by atoms with E-state index in [1.165, 1.54) is 5.56 Å². The second kappa shape index (κ2) is 5.37. The first-order valence-corrected chi connectivity index (χ1v) is 5.48. The van der Waals surface area contributed by atoms with E-state index in [0.29, 0.717) is 5.76 Å². The summed E-state index contributed by atoms with van der Waals surface area (Å²) in [6.07, 6.45) is 0. The molecule has 0 spiro atoms. The van der Waals surface area contributed by atoms with Crippen molar-refractivity contribution >= 4 is 5.91 Å².